The van der Waals surface area contributed by atoms with Gasteiger partial charge in [0.15, 0.2) is 0 Å². The van der Waals surface area contributed by atoms with E-state index in [9.17, 15) is 4.39 Å². The first-order chi connectivity index (χ1) is 14.6. The highest BCUT2D eigenvalue weighted by molar-refractivity contribution is 5.48. The summed E-state index contributed by atoms with van der Waals surface area (Å²) in [6.07, 6.45) is 5.68. The Bertz CT molecular complexity index is 1080. The Labute approximate surface area is 180 Å². The molecule has 0 fully saturated rings. The zero-order chi connectivity index (χ0) is 21.2. The quantitative estimate of drug-likeness (QED) is 0.321. The highest BCUT2D eigenvalue weighted by Gasteiger charge is 2.01. The minimum absolute atomic E-state index is 0.240. The number of benzene rings is 3. The SMILES string of the molecule is CCCCCCc1ccc(C#Cc2ccc(C#Cc3ccc(C)cc3)cc2)c(F)c1. The van der Waals surface area contributed by atoms with E-state index in [1.54, 1.807) is 12.1 Å². The first-order valence-electron chi connectivity index (χ1n) is 10.6. The maximum Gasteiger partial charge on any atom is 0.139 e. The number of unbranched alkanes of at least 4 members (excludes halogenated alkanes) is 3. The number of hydrogen-bond donors (Lipinski definition) is 0. The molecule has 0 heterocycles. The molecule has 0 N–H and O–H groups in total. The maximum atomic E-state index is 14.4. The Morgan fingerprint density at radius 3 is 1.80 bits per heavy atom. The minimum atomic E-state index is -0.240. The molecule has 0 spiro atoms. The molecule has 0 bridgehead atoms. The van der Waals surface area contributed by atoms with Crippen molar-refractivity contribution in [2.75, 3.05) is 0 Å². The van der Waals surface area contributed by atoms with E-state index in [2.05, 4.69) is 49.7 Å². The second-order valence-corrected chi connectivity index (χ2v) is 7.57. The molecule has 0 aromatic heterocycles. The Morgan fingerprint density at radius 1 is 0.667 bits per heavy atom. The maximum absolute atomic E-state index is 14.4. The fourth-order valence-electron chi connectivity index (χ4n) is 3.13. The molecule has 0 aliphatic heterocycles. The zero-order valence-corrected chi connectivity index (χ0v) is 17.8. The Balaban J connectivity index is 1.63. The van der Waals surface area contributed by atoms with Crippen LogP contribution in [0.5, 0.6) is 0 Å². The lowest BCUT2D eigenvalue weighted by atomic mass is 10.0. The summed E-state index contributed by atoms with van der Waals surface area (Å²) in [4.78, 5) is 0. The van der Waals surface area contributed by atoms with Crippen molar-refractivity contribution >= 4 is 0 Å². The Hall–Kier alpha value is -3.29. The number of rotatable bonds is 5. The summed E-state index contributed by atoms with van der Waals surface area (Å²) in [5.41, 5.74) is 5.48. The van der Waals surface area contributed by atoms with Crippen LogP contribution in [0.2, 0.25) is 0 Å². The van der Waals surface area contributed by atoms with Crippen molar-refractivity contribution in [3.05, 3.63) is 106 Å². The van der Waals surface area contributed by atoms with Gasteiger partial charge in [0.1, 0.15) is 5.82 Å². The van der Waals surface area contributed by atoms with Gasteiger partial charge < -0.3 is 0 Å². The van der Waals surface area contributed by atoms with Gasteiger partial charge in [-0.2, -0.15) is 0 Å². The van der Waals surface area contributed by atoms with E-state index in [1.165, 1.54) is 24.8 Å². The van der Waals surface area contributed by atoms with Crippen LogP contribution in [-0.4, -0.2) is 0 Å². The van der Waals surface area contributed by atoms with E-state index in [1.807, 2.05) is 42.5 Å². The van der Waals surface area contributed by atoms with Crippen LogP contribution < -0.4 is 0 Å². The van der Waals surface area contributed by atoms with Gasteiger partial charge in [0.05, 0.1) is 5.56 Å². The third kappa shape index (κ3) is 6.65. The van der Waals surface area contributed by atoms with Crippen LogP contribution in [0.15, 0.2) is 66.7 Å². The molecule has 0 saturated heterocycles. The molecule has 0 atom stereocenters. The summed E-state index contributed by atoms with van der Waals surface area (Å²) >= 11 is 0. The lowest BCUT2D eigenvalue weighted by Crippen LogP contribution is -1.90. The molecule has 0 saturated carbocycles. The summed E-state index contributed by atoms with van der Waals surface area (Å²) in [5, 5.41) is 0. The highest BCUT2D eigenvalue weighted by Crippen LogP contribution is 2.13. The molecular formula is C29H27F. The van der Waals surface area contributed by atoms with Crippen LogP contribution in [0.3, 0.4) is 0 Å². The molecule has 3 rings (SSSR count). The van der Waals surface area contributed by atoms with Crippen molar-refractivity contribution in [1.82, 2.24) is 0 Å². The molecular weight excluding hydrogens is 367 g/mol. The predicted octanol–water partition coefficient (Wildman–Crippen LogP) is 7.06. The molecule has 30 heavy (non-hydrogen) atoms. The van der Waals surface area contributed by atoms with Crippen LogP contribution in [0.1, 0.15) is 66.0 Å². The summed E-state index contributed by atoms with van der Waals surface area (Å²) in [6, 6.07) is 21.3. The standard InChI is InChI=1S/C29H27F/c1-3-4-5-6-7-27-19-21-28(29(30)22-27)20-18-26-16-14-25(15-17-26)13-12-24-10-8-23(2)9-11-24/h8-11,14-17,19,21-22H,3-7H2,1-2H3. The normalized spacial score (nSPS) is 9.97. The fourth-order valence-corrected chi connectivity index (χ4v) is 3.13. The first-order valence-corrected chi connectivity index (χ1v) is 10.6. The van der Waals surface area contributed by atoms with Gasteiger partial charge in [0.25, 0.3) is 0 Å². The molecule has 150 valence electrons. The largest absolute Gasteiger partial charge is 0.206 e. The van der Waals surface area contributed by atoms with Crippen LogP contribution in [0.4, 0.5) is 4.39 Å². The van der Waals surface area contributed by atoms with Crippen molar-refractivity contribution in [1.29, 1.82) is 0 Å². The second-order valence-electron chi connectivity index (χ2n) is 7.57. The summed E-state index contributed by atoms with van der Waals surface area (Å²) in [7, 11) is 0. The average molecular weight is 395 g/mol. The summed E-state index contributed by atoms with van der Waals surface area (Å²) in [6.45, 7) is 4.26. The van der Waals surface area contributed by atoms with Gasteiger partial charge in [-0.25, -0.2) is 4.39 Å². The summed E-state index contributed by atoms with van der Waals surface area (Å²) < 4.78 is 14.4. The van der Waals surface area contributed by atoms with Gasteiger partial charge in [-0.3, -0.25) is 0 Å². The summed E-state index contributed by atoms with van der Waals surface area (Å²) in [5.74, 6) is 12.1. The first kappa shape index (κ1) is 21.4. The van der Waals surface area contributed by atoms with Crippen LogP contribution in [-0.2, 0) is 6.42 Å². The lowest BCUT2D eigenvalue weighted by Gasteiger charge is -2.02. The predicted molar refractivity (Wildman–Crippen MR) is 124 cm³/mol. The third-order valence-corrected chi connectivity index (χ3v) is 4.98. The van der Waals surface area contributed by atoms with Crippen molar-refractivity contribution < 1.29 is 4.39 Å². The van der Waals surface area contributed by atoms with E-state index >= 15 is 0 Å². The smallest absolute Gasteiger partial charge is 0.139 e. The van der Waals surface area contributed by atoms with E-state index in [4.69, 9.17) is 0 Å². The minimum Gasteiger partial charge on any atom is -0.206 e. The van der Waals surface area contributed by atoms with E-state index in [0.29, 0.717) is 5.56 Å². The van der Waals surface area contributed by atoms with Gasteiger partial charge >= 0.3 is 0 Å². The van der Waals surface area contributed by atoms with Gasteiger partial charge in [-0.15, -0.1) is 0 Å². The molecule has 1 heteroatoms. The van der Waals surface area contributed by atoms with Crippen LogP contribution in [0, 0.1) is 36.4 Å². The van der Waals surface area contributed by atoms with Crippen molar-refractivity contribution in [2.24, 2.45) is 0 Å². The van der Waals surface area contributed by atoms with Gasteiger partial charge in [-0.05, 0) is 73.9 Å². The van der Waals surface area contributed by atoms with Gasteiger partial charge in [0.2, 0.25) is 0 Å². The van der Waals surface area contributed by atoms with Crippen molar-refractivity contribution in [2.45, 2.75) is 46.0 Å². The lowest BCUT2D eigenvalue weighted by molar-refractivity contribution is 0.618. The molecule has 0 amide bonds. The molecule has 3 aromatic rings. The van der Waals surface area contributed by atoms with E-state index in [-0.39, 0.29) is 5.82 Å². The van der Waals surface area contributed by atoms with E-state index in [0.717, 1.165) is 35.1 Å². The third-order valence-electron chi connectivity index (χ3n) is 4.98. The topological polar surface area (TPSA) is 0 Å². The molecule has 0 unspecified atom stereocenters. The number of hydrogen-bond acceptors (Lipinski definition) is 0. The van der Waals surface area contributed by atoms with Crippen LogP contribution in [0.25, 0.3) is 0 Å². The molecule has 0 radical (unpaired) electrons. The van der Waals surface area contributed by atoms with E-state index < -0.39 is 0 Å². The Morgan fingerprint density at radius 2 is 1.23 bits per heavy atom. The monoisotopic (exact) mass is 394 g/mol. The van der Waals surface area contributed by atoms with Gasteiger partial charge in [-0.1, -0.05) is 73.6 Å². The second kappa shape index (κ2) is 11.0. The zero-order valence-electron chi connectivity index (χ0n) is 17.8. The van der Waals surface area contributed by atoms with Gasteiger partial charge in [0, 0.05) is 16.7 Å². The van der Waals surface area contributed by atoms with Crippen molar-refractivity contribution in [3.63, 3.8) is 0 Å². The molecule has 3 aromatic carbocycles. The number of halogens is 1. The average Bonchev–Trinajstić information content (AvgIpc) is 2.76. The molecule has 0 aliphatic rings. The highest BCUT2D eigenvalue weighted by atomic mass is 19.1. The fraction of sp³-hybridized carbons (Fsp3) is 0.241. The van der Waals surface area contributed by atoms with Crippen LogP contribution >= 0.6 is 0 Å². The van der Waals surface area contributed by atoms with Crippen molar-refractivity contribution in [3.8, 4) is 23.7 Å². The Kier molecular flexibility index (Phi) is 7.88. The number of aryl methyl sites for hydroxylation is 2. The molecule has 0 nitrogen and oxygen atoms in total. The molecule has 0 aliphatic carbocycles.